The molecule has 0 aromatic heterocycles. The quantitative estimate of drug-likeness (QED) is 0.177. The van der Waals surface area contributed by atoms with Crippen LogP contribution in [0.15, 0.2) is 97.1 Å². The molecule has 0 atom stereocenters. The SMILES string of the molecule is Cc1cc(C)c([N+](=O)[O-])c(C)c1CP(Cl)(c1ccccc1)(c1ccccc1)c1ccccc1. The van der Waals surface area contributed by atoms with Gasteiger partial charge in [0, 0.05) is 0 Å². The third-order valence-electron chi connectivity index (χ3n) is 6.61. The summed E-state index contributed by atoms with van der Waals surface area (Å²) in [5.41, 5.74) is 3.50. The van der Waals surface area contributed by atoms with E-state index in [1.54, 1.807) is 6.92 Å². The molecule has 0 unspecified atom stereocenters. The van der Waals surface area contributed by atoms with Gasteiger partial charge in [-0.3, -0.25) is 0 Å². The van der Waals surface area contributed by atoms with Crippen molar-refractivity contribution >= 4 is 38.8 Å². The second-order valence-corrected chi connectivity index (χ2v) is 15.0. The summed E-state index contributed by atoms with van der Waals surface area (Å²) < 4.78 is 0. The first-order chi connectivity index (χ1) is 15.8. The molecular weight excluding hydrogens is 449 g/mol. The Morgan fingerprint density at radius 2 is 1.12 bits per heavy atom. The molecule has 0 radical (unpaired) electrons. The topological polar surface area (TPSA) is 43.1 Å². The third kappa shape index (κ3) is 3.76. The zero-order valence-electron chi connectivity index (χ0n) is 19.0. The second-order valence-electron chi connectivity index (χ2n) is 8.57. The second kappa shape index (κ2) is 8.74. The molecule has 0 fully saturated rings. The number of benzene rings is 4. The zero-order valence-corrected chi connectivity index (χ0v) is 20.7. The molecule has 4 rings (SSSR count). The molecule has 0 heterocycles. The van der Waals surface area contributed by atoms with Gasteiger partial charge in [-0.25, -0.2) is 0 Å². The van der Waals surface area contributed by atoms with Gasteiger partial charge < -0.3 is 0 Å². The van der Waals surface area contributed by atoms with Gasteiger partial charge in [-0.2, -0.15) is 0 Å². The van der Waals surface area contributed by atoms with Crippen LogP contribution in [0.2, 0.25) is 0 Å². The molecule has 0 bridgehead atoms. The van der Waals surface area contributed by atoms with Crippen LogP contribution in [-0.2, 0) is 6.16 Å². The van der Waals surface area contributed by atoms with E-state index in [0.29, 0.717) is 17.3 Å². The van der Waals surface area contributed by atoms with E-state index in [2.05, 4.69) is 36.4 Å². The first-order valence-corrected chi connectivity index (χ1v) is 14.2. The Hall–Kier alpha value is -3.00. The van der Waals surface area contributed by atoms with Crippen LogP contribution >= 0.6 is 17.2 Å². The fraction of sp³-hybridized carbons (Fsp3) is 0.143. The van der Waals surface area contributed by atoms with Crippen molar-refractivity contribution in [3.8, 4) is 0 Å². The molecule has 4 aromatic carbocycles. The Morgan fingerprint density at radius 1 is 0.727 bits per heavy atom. The molecule has 168 valence electrons. The van der Waals surface area contributed by atoms with Gasteiger partial charge in [-0.05, 0) is 0 Å². The molecule has 0 aliphatic carbocycles. The van der Waals surface area contributed by atoms with Crippen molar-refractivity contribution in [2.45, 2.75) is 26.9 Å². The van der Waals surface area contributed by atoms with Gasteiger partial charge in [0.15, 0.2) is 0 Å². The van der Waals surface area contributed by atoms with E-state index < -0.39 is 5.96 Å². The monoisotopic (exact) mass is 475 g/mol. The minimum atomic E-state index is -3.58. The standard InChI is InChI=1S/C28H27ClNO2P/c1-21-19-22(2)28(30(31)32)23(3)27(21)20-33(29,24-13-7-4-8-14-24,25-15-9-5-10-16-25)26-17-11-6-12-18-26/h4-19H,20H2,1-3H3. The van der Waals surface area contributed by atoms with Gasteiger partial charge in [-0.15, -0.1) is 0 Å². The summed E-state index contributed by atoms with van der Waals surface area (Å²) in [5, 5.41) is 15.1. The molecule has 3 nitrogen and oxygen atoms in total. The van der Waals surface area contributed by atoms with Crippen molar-refractivity contribution in [2.24, 2.45) is 0 Å². The third-order valence-corrected chi connectivity index (χ3v) is 13.8. The fourth-order valence-corrected chi connectivity index (χ4v) is 11.3. The number of hydrogen-bond acceptors (Lipinski definition) is 2. The molecule has 0 N–H and O–H groups in total. The summed E-state index contributed by atoms with van der Waals surface area (Å²) in [6.45, 7) is 5.68. The zero-order chi connectivity index (χ0) is 23.7. The summed E-state index contributed by atoms with van der Waals surface area (Å²) in [5.74, 6) is -3.58. The molecule has 0 spiro atoms. The van der Waals surface area contributed by atoms with Gasteiger partial charge >= 0.3 is 200 Å². The first-order valence-electron chi connectivity index (χ1n) is 10.9. The van der Waals surface area contributed by atoms with Crippen LogP contribution < -0.4 is 15.9 Å². The van der Waals surface area contributed by atoms with E-state index in [1.807, 2.05) is 74.5 Å². The van der Waals surface area contributed by atoms with E-state index in [-0.39, 0.29) is 10.6 Å². The van der Waals surface area contributed by atoms with E-state index in [9.17, 15) is 10.1 Å². The van der Waals surface area contributed by atoms with Gasteiger partial charge in [0.25, 0.3) is 0 Å². The van der Waals surface area contributed by atoms with Crippen molar-refractivity contribution < 1.29 is 4.92 Å². The molecule has 0 saturated carbocycles. The molecule has 0 saturated heterocycles. The molecule has 5 heteroatoms. The van der Waals surface area contributed by atoms with Gasteiger partial charge in [0.2, 0.25) is 0 Å². The Labute approximate surface area is 199 Å². The number of nitrogens with zero attached hydrogens (tertiary/aromatic N) is 1. The molecule has 0 aliphatic rings. The Balaban J connectivity index is 2.14. The van der Waals surface area contributed by atoms with Crippen LogP contribution in [0, 0.1) is 30.9 Å². The van der Waals surface area contributed by atoms with Crippen molar-refractivity contribution in [2.75, 3.05) is 0 Å². The number of nitro benzene ring substituents is 1. The van der Waals surface area contributed by atoms with Crippen molar-refractivity contribution in [1.29, 1.82) is 0 Å². The van der Waals surface area contributed by atoms with E-state index in [1.165, 1.54) is 0 Å². The normalized spacial score (nSPS) is 12.7. The van der Waals surface area contributed by atoms with Crippen LogP contribution in [0.4, 0.5) is 5.69 Å². The maximum absolute atomic E-state index is 11.9. The summed E-state index contributed by atoms with van der Waals surface area (Å²) in [6, 6.07) is 32.6. The molecular formula is C28H27ClNO2P. The first kappa shape index (κ1) is 23.2. The number of hydrogen-bond donors (Lipinski definition) is 0. The maximum atomic E-state index is 11.9. The average molecular weight is 476 g/mol. The van der Waals surface area contributed by atoms with E-state index in [4.69, 9.17) is 11.2 Å². The minimum absolute atomic E-state index is 0.173. The fourth-order valence-electron chi connectivity index (χ4n) is 4.97. The van der Waals surface area contributed by atoms with Gasteiger partial charge in [0.05, 0.1) is 0 Å². The average Bonchev–Trinajstić information content (AvgIpc) is 2.83. The predicted octanol–water partition coefficient (Wildman–Crippen LogP) is 6.70. The molecule has 0 amide bonds. The summed E-state index contributed by atoms with van der Waals surface area (Å²) >= 11 is 8.18. The van der Waals surface area contributed by atoms with E-state index in [0.717, 1.165) is 27.0 Å². The summed E-state index contributed by atoms with van der Waals surface area (Å²) in [4.78, 5) is 11.7. The summed E-state index contributed by atoms with van der Waals surface area (Å²) in [6.07, 6.45) is 0.490. The van der Waals surface area contributed by atoms with Crippen LogP contribution in [0.25, 0.3) is 0 Å². The Morgan fingerprint density at radius 3 is 1.48 bits per heavy atom. The van der Waals surface area contributed by atoms with Gasteiger partial charge in [0.1, 0.15) is 0 Å². The number of aryl methyl sites for hydroxylation is 2. The van der Waals surface area contributed by atoms with Gasteiger partial charge in [-0.1, -0.05) is 0 Å². The van der Waals surface area contributed by atoms with Crippen molar-refractivity contribution in [1.82, 2.24) is 0 Å². The number of nitro groups is 1. The van der Waals surface area contributed by atoms with Crippen LogP contribution in [0.5, 0.6) is 0 Å². The predicted molar refractivity (Wildman–Crippen MR) is 142 cm³/mol. The van der Waals surface area contributed by atoms with Crippen LogP contribution in [0.3, 0.4) is 0 Å². The Kier molecular flexibility index (Phi) is 6.14. The Bertz CT molecular complexity index is 1210. The van der Waals surface area contributed by atoms with Crippen LogP contribution in [-0.4, -0.2) is 4.92 Å². The molecule has 4 aromatic rings. The number of halogens is 1. The van der Waals surface area contributed by atoms with Crippen LogP contribution in [0.1, 0.15) is 22.3 Å². The van der Waals surface area contributed by atoms with Crippen molar-refractivity contribution in [3.05, 3.63) is 129 Å². The van der Waals surface area contributed by atoms with Crippen molar-refractivity contribution in [3.63, 3.8) is 0 Å². The van der Waals surface area contributed by atoms with E-state index >= 15 is 0 Å². The summed E-state index contributed by atoms with van der Waals surface area (Å²) in [7, 11) is 0. The number of rotatable bonds is 6. The molecule has 0 aliphatic heterocycles. The molecule has 33 heavy (non-hydrogen) atoms.